The normalized spacial score (nSPS) is 12.2. The molecule has 100 valence electrons. The van der Waals surface area contributed by atoms with E-state index in [4.69, 9.17) is 10.5 Å². The maximum Gasteiger partial charge on any atom is 0.165 e. The number of nitrogens with two attached hydrogens (primary N) is 1. The summed E-state index contributed by atoms with van der Waals surface area (Å²) in [7, 11) is 0. The Hall–Kier alpha value is -1.87. The van der Waals surface area contributed by atoms with E-state index in [0.717, 1.165) is 11.1 Å². The van der Waals surface area contributed by atoms with Crippen molar-refractivity contribution in [2.45, 2.75) is 26.5 Å². The summed E-state index contributed by atoms with van der Waals surface area (Å²) in [6.07, 6.45) is 0. The molecule has 2 aromatic rings. The fourth-order valence-electron chi connectivity index (χ4n) is 1.76. The van der Waals surface area contributed by atoms with Gasteiger partial charge in [-0.2, -0.15) is 0 Å². The summed E-state index contributed by atoms with van der Waals surface area (Å²) in [5.41, 5.74) is 8.67. The van der Waals surface area contributed by atoms with Gasteiger partial charge in [0.2, 0.25) is 0 Å². The summed E-state index contributed by atoms with van der Waals surface area (Å²) in [5.74, 6) is -0.119. The van der Waals surface area contributed by atoms with Crippen molar-refractivity contribution in [3.05, 3.63) is 65.0 Å². The van der Waals surface area contributed by atoms with E-state index in [9.17, 15) is 4.39 Å². The zero-order valence-electron chi connectivity index (χ0n) is 11.2. The third-order valence-electron chi connectivity index (χ3n) is 3.00. The van der Waals surface area contributed by atoms with Crippen LogP contribution in [-0.4, -0.2) is 0 Å². The molecule has 0 heterocycles. The molecule has 2 N–H and O–H groups in total. The molecule has 0 aliphatic heterocycles. The minimum Gasteiger partial charge on any atom is -0.486 e. The van der Waals surface area contributed by atoms with Gasteiger partial charge in [-0.1, -0.05) is 35.9 Å². The van der Waals surface area contributed by atoms with Crippen molar-refractivity contribution in [2.75, 3.05) is 0 Å². The summed E-state index contributed by atoms with van der Waals surface area (Å²) in [5, 5.41) is 0. The Balaban J connectivity index is 2.05. The van der Waals surface area contributed by atoms with Gasteiger partial charge < -0.3 is 10.5 Å². The average Bonchev–Trinajstić information content (AvgIpc) is 2.39. The first-order valence-corrected chi connectivity index (χ1v) is 6.29. The van der Waals surface area contributed by atoms with Crippen LogP contribution in [0.5, 0.6) is 5.75 Å². The number of rotatable bonds is 4. The smallest absolute Gasteiger partial charge is 0.165 e. The Bertz CT molecular complexity index is 549. The lowest BCUT2D eigenvalue weighted by molar-refractivity contribution is 0.290. The molecule has 0 saturated heterocycles. The van der Waals surface area contributed by atoms with E-state index < -0.39 is 0 Å². The highest BCUT2D eigenvalue weighted by atomic mass is 19.1. The highest BCUT2D eigenvalue weighted by molar-refractivity contribution is 5.31. The van der Waals surface area contributed by atoms with E-state index in [0.29, 0.717) is 6.61 Å². The van der Waals surface area contributed by atoms with Gasteiger partial charge in [-0.15, -0.1) is 0 Å². The monoisotopic (exact) mass is 259 g/mol. The summed E-state index contributed by atoms with van der Waals surface area (Å²) >= 11 is 0. The Morgan fingerprint density at radius 1 is 1.16 bits per heavy atom. The first-order chi connectivity index (χ1) is 9.06. The molecule has 0 aliphatic carbocycles. The lowest BCUT2D eigenvalue weighted by Crippen LogP contribution is -2.06. The van der Waals surface area contributed by atoms with Gasteiger partial charge in [-0.25, -0.2) is 4.39 Å². The van der Waals surface area contributed by atoms with E-state index in [1.165, 1.54) is 11.6 Å². The SMILES string of the molecule is Cc1ccc(COc2ccc([C@@H](C)N)cc2F)cc1. The molecule has 0 spiro atoms. The molecule has 0 saturated carbocycles. The first kappa shape index (κ1) is 13.6. The molecule has 2 nitrogen and oxygen atoms in total. The van der Waals surface area contributed by atoms with Crippen LogP contribution in [0.25, 0.3) is 0 Å². The number of aryl methyl sites for hydroxylation is 1. The van der Waals surface area contributed by atoms with Crippen LogP contribution in [0.3, 0.4) is 0 Å². The predicted molar refractivity (Wildman–Crippen MR) is 74.5 cm³/mol. The van der Waals surface area contributed by atoms with Gasteiger partial charge in [-0.05, 0) is 37.1 Å². The van der Waals surface area contributed by atoms with Gasteiger partial charge in [0.15, 0.2) is 11.6 Å². The number of hydrogen-bond acceptors (Lipinski definition) is 2. The molecule has 0 aliphatic rings. The van der Waals surface area contributed by atoms with Crippen LogP contribution in [0.1, 0.15) is 29.7 Å². The largest absolute Gasteiger partial charge is 0.486 e. The maximum atomic E-state index is 13.8. The Kier molecular flexibility index (Phi) is 4.17. The number of ether oxygens (including phenoxy) is 1. The molecule has 0 aromatic heterocycles. The molecular formula is C16H18FNO. The summed E-state index contributed by atoms with van der Waals surface area (Å²) in [6.45, 7) is 4.20. The number of hydrogen-bond donors (Lipinski definition) is 1. The van der Waals surface area contributed by atoms with Gasteiger partial charge in [0.05, 0.1) is 0 Å². The summed E-state index contributed by atoms with van der Waals surface area (Å²) in [6, 6.07) is 12.6. The molecular weight excluding hydrogens is 241 g/mol. The molecule has 2 rings (SSSR count). The summed E-state index contributed by atoms with van der Waals surface area (Å²) in [4.78, 5) is 0. The maximum absolute atomic E-state index is 13.8. The molecule has 3 heteroatoms. The molecule has 0 radical (unpaired) electrons. The molecule has 0 unspecified atom stereocenters. The third-order valence-corrected chi connectivity index (χ3v) is 3.00. The molecule has 2 aromatic carbocycles. The van der Waals surface area contributed by atoms with Gasteiger partial charge >= 0.3 is 0 Å². The van der Waals surface area contributed by atoms with Crippen molar-refractivity contribution < 1.29 is 9.13 Å². The molecule has 1 atom stereocenters. The molecule has 0 bridgehead atoms. The molecule has 0 amide bonds. The fourth-order valence-corrected chi connectivity index (χ4v) is 1.76. The third kappa shape index (κ3) is 3.55. The topological polar surface area (TPSA) is 35.2 Å². The fraction of sp³-hybridized carbons (Fsp3) is 0.250. The van der Waals surface area contributed by atoms with Gasteiger partial charge in [0.25, 0.3) is 0 Å². The number of halogens is 1. The standard InChI is InChI=1S/C16H18FNO/c1-11-3-5-13(6-4-11)10-19-16-8-7-14(12(2)18)9-15(16)17/h3-9,12H,10,18H2,1-2H3/t12-/m1/s1. The molecule has 19 heavy (non-hydrogen) atoms. The summed E-state index contributed by atoms with van der Waals surface area (Å²) < 4.78 is 19.3. The van der Waals surface area contributed by atoms with Crippen molar-refractivity contribution in [2.24, 2.45) is 5.73 Å². The van der Waals surface area contributed by atoms with E-state index in [1.54, 1.807) is 12.1 Å². The van der Waals surface area contributed by atoms with E-state index >= 15 is 0 Å². The average molecular weight is 259 g/mol. The van der Waals surface area contributed by atoms with Crippen molar-refractivity contribution in [1.29, 1.82) is 0 Å². The first-order valence-electron chi connectivity index (χ1n) is 6.29. The number of benzene rings is 2. The van der Waals surface area contributed by atoms with Crippen LogP contribution >= 0.6 is 0 Å². The van der Waals surface area contributed by atoms with Crippen LogP contribution in [-0.2, 0) is 6.61 Å². The van der Waals surface area contributed by atoms with E-state index in [1.807, 2.05) is 38.1 Å². The van der Waals surface area contributed by atoms with Crippen molar-refractivity contribution in [1.82, 2.24) is 0 Å². The second-order valence-electron chi connectivity index (χ2n) is 4.75. The zero-order valence-corrected chi connectivity index (χ0v) is 11.2. The zero-order chi connectivity index (χ0) is 13.8. The van der Waals surface area contributed by atoms with E-state index in [2.05, 4.69) is 0 Å². The van der Waals surface area contributed by atoms with Crippen LogP contribution in [0, 0.1) is 12.7 Å². The van der Waals surface area contributed by atoms with Crippen molar-refractivity contribution in [3.8, 4) is 5.75 Å². The Morgan fingerprint density at radius 3 is 2.42 bits per heavy atom. The van der Waals surface area contributed by atoms with Crippen LogP contribution < -0.4 is 10.5 Å². The minimum absolute atomic E-state index is 0.180. The van der Waals surface area contributed by atoms with Gasteiger partial charge in [-0.3, -0.25) is 0 Å². The quantitative estimate of drug-likeness (QED) is 0.908. The second kappa shape index (κ2) is 5.85. The lowest BCUT2D eigenvalue weighted by atomic mass is 10.1. The highest BCUT2D eigenvalue weighted by Gasteiger charge is 2.07. The van der Waals surface area contributed by atoms with Crippen molar-refractivity contribution >= 4 is 0 Å². The van der Waals surface area contributed by atoms with Gasteiger partial charge in [0.1, 0.15) is 6.61 Å². The molecule has 0 fully saturated rings. The van der Waals surface area contributed by atoms with Crippen LogP contribution in [0.4, 0.5) is 4.39 Å². The Labute approximate surface area is 113 Å². The van der Waals surface area contributed by atoms with E-state index in [-0.39, 0.29) is 17.6 Å². The van der Waals surface area contributed by atoms with Crippen LogP contribution in [0.2, 0.25) is 0 Å². The predicted octanol–water partition coefficient (Wildman–Crippen LogP) is 3.73. The Morgan fingerprint density at radius 2 is 1.84 bits per heavy atom. The highest BCUT2D eigenvalue weighted by Crippen LogP contribution is 2.22. The van der Waals surface area contributed by atoms with Gasteiger partial charge in [0, 0.05) is 6.04 Å². The lowest BCUT2D eigenvalue weighted by Gasteiger charge is -2.10. The van der Waals surface area contributed by atoms with Crippen molar-refractivity contribution in [3.63, 3.8) is 0 Å². The second-order valence-corrected chi connectivity index (χ2v) is 4.75. The van der Waals surface area contributed by atoms with Crippen LogP contribution in [0.15, 0.2) is 42.5 Å². The minimum atomic E-state index is -0.373.